The molecule has 66 valence electrons. The van der Waals surface area contributed by atoms with Gasteiger partial charge in [0.15, 0.2) is 4.93 Å². The van der Waals surface area contributed by atoms with Gasteiger partial charge in [-0.15, -0.1) is 0 Å². The fourth-order valence-electron chi connectivity index (χ4n) is 0.973. The molecule has 0 bridgehead atoms. The molecule has 0 spiro atoms. The maximum absolute atomic E-state index is 10.5. The van der Waals surface area contributed by atoms with E-state index in [1.807, 2.05) is 0 Å². The Hall–Kier alpha value is 1.22. The Morgan fingerprint density at radius 3 is 2.33 bits per heavy atom. The van der Waals surface area contributed by atoms with Gasteiger partial charge >= 0.3 is 29.6 Å². The first-order valence-corrected chi connectivity index (χ1v) is 5.70. The molecular weight excluding hydrogens is 211 g/mol. The van der Waals surface area contributed by atoms with Crippen LogP contribution in [-0.4, -0.2) is 34.5 Å². The van der Waals surface area contributed by atoms with Crippen molar-refractivity contribution in [2.75, 3.05) is 11.5 Å². The molecule has 0 saturated carbocycles. The van der Waals surface area contributed by atoms with Crippen LogP contribution in [0.2, 0.25) is 0 Å². The summed E-state index contributed by atoms with van der Waals surface area (Å²) in [5.41, 5.74) is 0. The van der Waals surface area contributed by atoms with Gasteiger partial charge < -0.3 is 9.66 Å². The number of aliphatic hydroxyl groups is 1. The zero-order chi connectivity index (χ0) is 8.70. The van der Waals surface area contributed by atoms with Crippen molar-refractivity contribution in [1.29, 1.82) is 0 Å². The monoisotopic (exact) mass is 220 g/mol. The van der Waals surface area contributed by atoms with Crippen LogP contribution in [0.3, 0.4) is 0 Å². The molecule has 1 heterocycles. The zero-order valence-corrected chi connectivity index (χ0v) is 10.6. The minimum atomic E-state index is -4.57. The van der Waals surface area contributed by atoms with Crippen LogP contribution in [0.15, 0.2) is 0 Å². The molecule has 0 aromatic carbocycles. The van der Waals surface area contributed by atoms with Crippen LogP contribution in [-0.2, 0) is 10.1 Å². The topological polar surface area (TPSA) is 77.4 Å². The molecule has 12 heavy (non-hydrogen) atoms. The molecule has 4 nitrogen and oxygen atoms in total. The predicted octanol–water partition coefficient (Wildman–Crippen LogP) is -3.39. The molecule has 1 rings (SSSR count). The van der Waals surface area contributed by atoms with E-state index in [0.717, 1.165) is 0 Å². The third-order valence-corrected chi connectivity index (χ3v) is 4.85. The third kappa shape index (κ3) is 2.17. The number of thioether (sulfide) groups is 1. The van der Waals surface area contributed by atoms with Gasteiger partial charge in [-0.05, 0) is 5.75 Å². The molecule has 2 unspecified atom stereocenters. The van der Waals surface area contributed by atoms with Crippen LogP contribution in [0, 0.1) is 5.92 Å². The largest absolute Gasteiger partial charge is 1.00 e. The zero-order valence-electron chi connectivity index (χ0n) is 6.98. The van der Waals surface area contributed by atoms with Crippen LogP contribution in [0.25, 0.3) is 0 Å². The summed E-state index contributed by atoms with van der Waals surface area (Å²) in [6.45, 7) is 1.56. The second kappa shape index (κ2) is 4.16. The van der Waals surface area contributed by atoms with Gasteiger partial charge in [0, 0.05) is 11.7 Å². The standard InChI is InChI=1S/C5H10O4S2.Na/c1-4-2-10-3-5(4,6)11(7,8)9;/h4,6H,2-3H2,1H3,(H,7,8,9);/q;+1/p-1. The molecular formula is C5H9NaO4S2. The summed E-state index contributed by atoms with van der Waals surface area (Å²) in [4.78, 5) is -2.03. The normalized spacial score (nSPS) is 36.1. The van der Waals surface area contributed by atoms with Gasteiger partial charge in [-0.25, -0.2) is 8.42 Å². The second-order valence-corrected chi connectivity index (χ2v) is 5.36. The average Bonchev–Trinajstić information content (AvgIpc) is 2.12. The molecule has 1 aliphatic heterocycles. The molecule has 0 amide bonds. The molecule has 2 atom stereocenters. The molecule has 7 heteroatoms. The molecule has 0 aromatic heterocycles. The van der Waals surface area contributed by atoms with Crippen molar-refractivity contribution in [3.8, 4) is 0 Å². The molecule has 1 fully saturated rings. The smallest absolute Gasteiger partial charge is 0.746 e. The third-order valence-electron chi connectivity index (χ3n) is 1.88. The van der Waals surface area contributed by atoms with Crippen molar-refractivity contribution >= 4 is 21.9 Å². The maximum Gasteiger partial charge on any atom is 1.00 e. The van der Waals surface area contributed by atoms with Gasteiger partial charge in [0.2, 0.25) is 0 Å². The van der Waals surface area contributed by atoms with Gasteiger partial charge in [0.05, 0.1) is 0 Å². The van der Waals surface area contributed by atoms with E-state index < -0.39 is 21.0 Å². The van der Waals surface area contributed by atoms with E-state index in [1.54, 1.807) is 6.92 Å². The van der Waals surface area contributed by atoms with E-state index >= 15 is 0 Å². The summed E-state index contributed by atoms with van der Waals surface area (Å²) in [6, 6.07) is 0. The van der Waals surface area contributed by atoms with Crippen molar-refractivity contribution in [1.82, 2.24) is 0 Å². The summed E-state index contributed by atoms with van der Waals surface area (Å²) >= 11 is 1.29. The number of hydrogen-bond donors (Lipinski definition) is 1. The maximum atomic E-state index is 10.5. The van der Waals surface area contributed by atoms with Crippen molar-refractivity contribution < 1.29 is 47.6 Å². The minimum absolute atomic E-state index is 0. The molecule has 1 N–H and O–H groups in total. The fraction of sp³-hybridized carbons (Fsp3) is 1.00. The van der Waals surface area contributed by atoms with E-state index in [2.05, 4.69) is 0 Å². The number of rotatable bonds is 1. The van der Waals surface area contributed by atoms with Crippen LogP contribution >= 0.6 is 11.8 Å². The van der Waals surface area contributed by atoms with E-state index in [4.69, 9.17) is 0 Å². The summed E-state index contributed by atoms with van der Waals surface area (Å²) < 4.78 is 31.6. The van der Waals surface area contributed by atoms with Crippen molar-refractivity contribution in [3.05, 3.63) is 0 Å². The fourth-order valence-corrected chi connectivity index (χ4v) is 3.81. The van der Waals surface area contributed by atoms with E-state index in [9.17, 15) is 18.1 Å². The quantitative estimate of drug-likeness (QED) is 0.368. The first kappa shape index (κ1) is 13.2. The molecule has 0 aliphatic carbocycles. The Balaban J connectivity index is 0.00000121. The SMILES string of the molecule is CC1CSCC1(O)S(=O)(=O)[O-].[Na+]. The van der Waals surface area contributed by atoms with Gasteiger partial charge in [-0.3, -0.25) is 0 Å². The Morgan fingerprint density at radius 2 is 2.17 bits per heavy atom. The van der Waals surface area contributed by atoms with Gasteiger partial charge in [0.25, 0.3) is 0 Å². The van der Waals surface area contributed by atoms with Crippen LogP contribution in [0.4, 0.5) is 0 Å². The van der Waals surface area contributed by atoms with E-state index in [1.165, 1.54) is 11.8 Å². The van der Waals surface area contributed by atoms with E-state index in [-0.39, 0.29) is 35.3 Å². The number of hydrogen-bond acceptors (Lipinski definition) is 5. The summed E-state index contributed by atoms with van der Waals surface area (Å²) in [5, 5.41) is 9.38. The second-order valence-electron chi connectivity index (χ2n) is 2.72. The Morgan fingerprint density at radius 1 is 1.67 bits per heavy atom. The molecule has 0 radical (unpaired) electrons. The van der Waals surface area contributed by atoms with Crippen LogP contribution in [0.5, 0.6) is 0 Å². The first-order chi connectivity index (χ1) is 4.88. The van der Waals surface area contributed by atoms with Gasteiger partial charge in [-0.1, -0.05) is 6.92 Å². The predicted molar refractivity (Wildman–Crippen MR) is 41.1 cm³/mol. The summed E-state index contributed by atoms with van der Waals surface area (Å²) in [7, 11) is -4.57. The summed E-state index contributed by atoms with van der Waals surface area (Å²) in [5.74, 6) is 0.0628. The van der Waals surface area contributed by atoms with E-state index in [0.29, 0.717) is 5.75 Å². The van der Waals surface area contributed by atoms with Crippen LogP contribution in [0.1, 0.15) is 6.92 Å². The molecule has 1 saturated heterocycles. The van der Waals surface area contributed by atoms with Crippen molar-refractivity contribution in [2.24, 2.45) is 5.92 Å². The minimum Gasteiger partial charge on any atom is -0.746 e. The first-order valence-electron chi connectivity index (χ1n) is 3.13. The van der Waals surface area contributed by atoms with Gasteiger partial charge in [0.1, 0.15) is 10.1 Å². The molecule has 0 aromatic rings. The van der Waals surface area contributed by atoms with Crippen molar-refractivity contribution in [3.63, 3.8) is 0 Å². The van der Waals surface area contributed by atoms with Gasteiger partial charge in [-0.2, -0.15) is 11.8 Å². The Labute approximate surface area is 98.2 Å². The van der Waals surface area contributed by atoms with Crippen LogP contribution < -0.4 is 29.6 Å². The Kier molecular flexibility index (Phi) is 4.59. The summed E-state index contributed by atoms with van der Waals surface area (Å²) in [6.07, 6.45) is 0. The average molecular weight is 220 g/mol. The molecule has 1 aliphatic rings. The van der Waals surface area contributed by atoms with Crippen molar-refractivity contribution in [2.45, 2.75) is 11.9 Å². The Bertz CT molecular complexity index is 252.